The van der Waals surface area contributed by atoms with E-state index in [0.717, 1.165) is 58.0 Å². The molecule has 14 nitrogen and oxygen atoms in total. The van der Waals surface area contributed by atoms with Crippen molar-refractivity contribution >= 4 is 46.3 Å². The quantitative estimate of drug-likeness (QED) is 0.0516. The van der Waals surface area contributed by atoms with Gasteiger partial charge < -0.3 is 41.2 Å². The maximum absolute atomic E-state index is 13.8. The Bertz CT molecular complexity index is 2580. The molecular formula is C46H45ClN10O4. The molecule has 310 valence electrons. The first-order chi connectivity index (χ1) is 29.9. The summed E-state index contributed by atoms with van der Waals surface area (Å²) in [5, 5.41) is 8.34. The molecule has 0 aliphatic carbocycles. The number of piperidine rings is 1. The van der Waals surface area contributed by atoms with Crippen LogP contribution in [0.2, 0.25) is 5.02 Å². The molecule has 2 amide bonds. The van der Waals surface area contributed by atoms with E-state index in [2.05, 4.69) is 41.0 Å². The van der Waals surface area contributed by atoms with Gasteiger partial charge in [0.05, 0.1) is 55.2 Å². The summed E-state index contributed by atoms with van der Waals surface area (Å²) in [7, 11) is 0. The molecule has 3 aromatic heterocycles. The number of imidazole rings is 2. The van der Waals surface area contributed by atoms with Gasteiger partial charge in [-0.1, -0.05) is 48.0 Å². The Morgan fingerprint density at radius 1 is 0.770 bits per heavy atom. The molecule has 0 saturated carbocycles. The van der Waals surface area contributed by atoms with Crippen LogP contribution in [0.4, 0.5) is 22.9 Å². The van der Waals surface area contributed by atoms with Gasteiger partial charge in [0, 0.05) is 58.8 Å². The average molecular weight is 837 g/mol. The number of pyridine rings is 1. The van der Waals surface area contributed by atoms with E-state index in [-0.39, 0.29) is 11.8 Å². The van der Waals surface area contributed by atoms with Gasteiger partial charge in [-0.3, -0.25) is 9.59 Å². The minimum Gasteiger partial charge on any atom is -0.493 e. The van der Waals surface area contributed by atoms with Gasteiger partial charge in [0.1, 0.15) is 17.5 Å². The zero-order chi connectivity index (χ0) is 42.0. The number of nitrogens with zero attached hydrogens (tertiary/aromatic N) is 4. The third kappa shape index (κ3) is 10.0. The van der Waals surface area contributed by atoms with Crippen molar-refractivity contribution in [3.63, 3.8) is 0 Å². The van der Waals surface area contributed by atoms with E-state index in [0.29, 0.717) is 72.5 Å². The molecule has 4 heterocycles. The minimum absolute atomic E-state index is 0.192. The number of H-pyrrole nitrogens is 2. The third-order valence-corrected chi connectivity index (χ3v) is 10.8. The molecule has 0 radical (unpaired) electrons. The lowest BCUT2D eigenvalue weighted by Gasteiger charge is -2.35. The number of aromatic nitrogens is 5. The standard InChI is InChI=1S/C46H45ClN10O4/c47-37-24-32(16-14-30(37)18-22-60-42-12-3-1-8-34(42)39-26-49-28-52-39)54-45(58)36-10-7-20-51-44(36)56-57-21-6-5-11-41(57)46(59)55-33-17-15-31(38(48)25-33)19-23-61-43-13-4-2-9-35(43)40-27-50-29-53-40/h1-4,7-10,12-17,20,24-29,41H,5-6,11,18-19,21-23,48H2,(H,49,52)(H,50,53)(H,51,56)(H,54,58)(H,55,59). The van der Waals surface area contributed by atoms with E-state index in [9.17, 15) is 9.59 Å². The number of hydrogen-bond donors (Lipinski definition) is 6. The van der Waals surface area contributed by atoms with Gasteiger partial charge in [-0.2, -0.15) is 0 Å². The first kappa shape index (κ1) is 40.6. The fraction of sp³-hybridized carbons (Fsp3) is 0.196. The van der Waals surface area contributed by atoms with Crippen molar-refractivity contribution in [1.29, 1.82) is 0 Å². The number of hydrogen-bond acceptors (Lipinski definition) is 10. The Hall–Kier alpha value is -7.16. The van der Waals surface area contributed by atoms with E-state index in [4.69, 9.17) is 26.8 Å². The van der Waals surface area contributed by atoms with Gasteiger partial charge in [0.25, 0.3) is 5.91 Å². The third-order valence-electron chi connectivity index (χ3n) is 10.4. The summed E-state index contributed by atoms with van der Waals surface area (Å²) in [4.78, 5) is 46.4. The molecular weight excluding hydrogens is 792 g/mol. The molecule has 1 aliphatic heterocycles. The fourth-order valence-corrected chi connectivity index (χ4v) is 7.56. The number of nitrogens with two attached hydrogens (primary N) is 1. The number of amides is 2. The molecule has 1 unspecified atom stereocenters. The number of halogens is 1. The predicted molar refractivity (Wildman–Crippen MR) is 238 cm³/mol. The molecule has 1 fully saturated rings. The van der Waals surface area contributed by atoms with Crippen LogP contribution in [0.15, 0.2) is 128 Å². The summed E-state index contributed by atoms with van der Waals surface area (Å²) in [5.74, 6) is 1.25. The highest BCUT2D eigenvalue weighted by molar-refractivity contribution is 6.31. The molecule has 8 rings (SSSR count). The first-order valence-corrected chi connectivity index (χ1v) is 20.5. The lowest BCUT2D eigenvalue weighted by atomic mass is 10.0. The number of carbonyl (C=O) groups is 2. The summed E-state index contributed by atoms with van der Waals surface area (Å²) in [6.45, 7) is 1.39. The highest BCUT2D eigenvalue weighted by Crippen LogP contribution is 2.31. The van der Waals surface area contributed by atoms with E-state index < -0.39 is 6.04 Å². The van der Waals surface area contributed by atoms with Crippen molar-refractivity contribution in [2.45, 2.75) is 38.1 Å². The second kappa shape index (κ2) is 19.3. The average Bonchev–Trinajstić information content (AvgIpc) is 4.02. The number of benzene rings is 4. The van der Waals surface area contributed by atoms with Crippen molar-refractivity contribution in [3.05, 3.63) is 150 Å². The van der Waals surface area contributed by atoms with E-state index in [1.807, 2.05) is 77.8 Å². The molecule has 61 heavy (non-hydrogen) atoms. The Morgan fingerprint density at radius 2 is 1.41 bits per heavy atom. The number of rotatable bonds is 16. The number of aromatic amines is 2. The zero-order valence-electron chi connectivity index (χ0n) is 33.2. The molecule has 1 atom stereocenters. The summed E-state index contributed by atoms with van der Waals surface area (Å²) < 4.78 is 12.2. The minimum atomic E-state index is -0.523. The van der Waals surface area contributed by atoms with Crippen LogP contribution >= 0.6 is 11.6 Å². The highest BCUT2D eigenvalue weighted by Gasteiger charge is 2.30. The van der Waals surface area contributed by atoms with Crippen molar-refractivity contribution in [2.24, 2.45) is 0 Å². The second-order valence-electron chi connectivity index (χ2n) is 14.5. The largest absolute Gasteiger partial charge is 0.493 e. The van der Waals surface area contributed by atoms with Gasteiger partial charge in [-0.25, -0.2) is 20.0 Å². The summed E-state index contributed by atoms with van der Waals surface area (Å²) in [6.07, 6.45) is 11.9. The van der Waals surface area contributed by atoms with Gasteiger partial charge in [-0.15, -0.1) is 0 Å². The monoisotopic (exact) mass is 836 g/mol. The molecule has 1 aliphatic rings. The number of nitrogens with one attached hydrogen (secondary N) is 5. The Morgan fingerprint density at radius 3 is 2.05 bits per heavy atom. The van der Waals surface area contributed by atoms with E-state index >= 15 is 0 Å². The predicted octanol–water partition coefficient (Wildman–Crippen LogP) is 8.41. The Balaban J connectivity index is 0.854. The van der Waals surface area contributed by atoms with Crippen LogP contribution in [0, 0.1) is 0 Å². The fourth-order valence-electron chi connectivity index (χ4n) is 7.28. The number of nitrogen functional groups attached to an aromatic ring is 1. The lowest BCUT2D eigenvalue weighted by Crippen LogP contribution is -2.50. The maximum Gasteiger partial charge on any atom is 0.259 e. The zero-order valence-corrected chi connectivity index (χ0v) is 34.0. The summed E-state index contributed by atoms with van der Waals surface area (Å²) in [6, 6.07) is 29.3. The molecule has 7 N–H and O–H groups in total. The van der Waals surface area contributed by atoms with Crippen LogP contribution in [0.25, 0.3) is 22.5 Å². The van der Waals surface area contributed by atoms with Crippen LogP contribution in [0.1, 0.15) is 40.7 Å². The van der Waals surface area contributed by atoms with E-state index in [1.54, 1.807) is 55.5 Å². The van der Waals surface area contributed by atoms with Crippen molar-refractivity contribution < 1.29 is 19.1 Å². The number of hydrazine groups is 1. The first-order valence-electron chi connectivity index (χ1n) is 20.1. The molecule has 0 bridgehead atoms. The van der Waals surface area contributed by atoms with Gasteiger partial charge in [-0.05, 0) is 91.1 Å². The van der Waals surface area contributed by atoms with E-state index in [1.165, 1.54) is 0 Å². The van der Waals surface area contributed by atoms with Crippen molar-refractivity contribution in [2.75, 3.05) is 41.6 Å². The van der Waals surface area contributed by atoms with Crippen LogP contribution in [0.5, 0.6) is 11.5 Å². The van der Waals surface area contributed by atoms with Crippen LogP contribution < -0.4 is 31.3 Å². The second-order valence-corrected chi connectivity index (χ2v) is 14.9. The normalized spacial score (nSPS) is 14.0. The smallest absolute Gasteiger partial charge is 0.259 e. The number of para-hydroxylation sites is 2. The van der Waals surface area contributed by atoms with Crippen LogP contribution in [-0.2, 0) is 17.6 Å². The van der Waals surface area contributed by atoms with Crippen LogP contribution in [-0.4, -0.2) is 67.5 Å². The summed E-state index contributed by atoms with van der Waals surface area (Å²) >= 11 is 6.69. The lowest BCUT2D eigenvalue weighted by molar-refractivity contribution is -0.121. The number of carbonyl (C=O) groups excluding carboxylic acids is 2. The van der Waals surface area contributed by atoms with Crippen molar-refractivity contribution in [1.82, 2.24) is 29.9 Å². The molecule has 4 aromatic carbocycles. The Labute approximate surface area is 357 Å². The number of ether oxygens (including phenoxy) is 2. The van der Waals surface area contributed by atoms with Gasteiger partial charge in [0.15, 0.2) is 5.82 Å². The molecule has 7 aromatic rings. The summed E-state index contributed by atoms with van der Waals surface area (Å²) in [5.41, 5.74) is 17.1. The van der Waals surface area contributed by atoms with Gasteiger partial charge in [0.2, 0.25) is 5.91 Å². The topological polar surface area (TPSA) is 188 Å². The number of anilines is 4. The van der Waals surface area contributed by atoms with Crippen molar-refractivity contribution in [3.8, 4) is 34.0 Å². The molecule has 0 spiro atoms. The molecule has 1 saturated heterocycles. The Kier molecular flexibility index (Phi) is 12.8. The van der Waals surface area contributed by atoms with Crippen LogP contribution in [0.3, 0.4) is 0 Å². The SMILES string of the molecule is Nc1cc(NC(=O)C2CCCCN2Nc2ncccc2C(=O)Nc2ccc(CCOc3ccccc3-c3cnc[nH]3)c(Cl)c2)ccc1CCOc1ccccc1-c1cnc[nH]1. The maximum atomic E-state index is 13.8. The van der Waals surface area contributed by atoms with Gasteiger partial charge >= 0.3 is 0 Å². The molecule has 15 heteroatoms. The highest BCUT2D eigenvalue weighted by atomic mass is 35.5.